The molecule has 2 heterocycles. The smallest absolute Gasteiger partial charge is 0.334 e. The van der Waals surface area contributed by atoms with Gasteiger partial charge < -0.3 is 14.7 Å². The van der Waals surface area contributed by atoms with Crippen LogP contribution in [0.5, 0.6) is 0 Å². The lowest BCUT2D eigenvalue weighted by Crippen LogP contribution is -2.46. The van der Waals surface area contributed by atoms with Gasteiger partial charge in [-0.2, -0.15) is 0 Å². The maximum Gasteiger partial charge on any atom is 0.334 e. The molecule has 0 amide bonds. The summed E-state index contributed by atoms with van der Waals surface area (Å²) in [7, 11) is 0. The number of morpholine rings is 1. The number of aromatic nitrogens is 1. The summed E-state index contributed by atoms with van der Waals surface area (Å²) in [5, 5.41) is 8.83. The molecule has 1 aromatic rings. The van der Waals surface area contributed by atoms with Crippen LogP contribution in [0.1, 0.15) is 0 Å². The van der Waals surface area contributed by atoms with Crippen molar-refractivity contribution in [1.82, 2.24) is 4.98 Å². The lowest BCUT2D eigenvalue weighted by atomic mass is 10.2. The molecular weight excluding hydrogens is 196 g/mol. The van der Waals surface area contributed by atoms with E-state index in [1.54, 1.807) is 6.20 Å². The fourth-order valence-electron chi connectivity index (χ4n) is 1.55. The fraction of sp³-hybridized carbons (Fsp3) is 0.400. The van der Waals surface area contributed by atoms with Crippen LogP contribution in [0.15, 0.2) is 24.4 Å². The monoisotopic (exact) mass is 208 g/mol. The Morgan fingerprint density at radius 3 is 3.13 bits per heavy atom. The van der Waals surface area contributed by atoms with Gasteiger partial charge in [0.1, 0.15) is 5.82 Å². The lowest BCUT2D eigenvalue weighted by Gasteiger charge is -2.31. The van der Waals surface area contributed by atoms with Gasteiger partial charge in [-0.25, -0.2) is 9.78 Å². The SMILES string of the molecule is O=C(O)C1CN(c2ccccn2)CCO1. The second kappa shape index (κ2) is 4.27. The Morgan fingerprint density at radius 2 is 2.47 bits per heavy atom. The quantitative estimate of drug-likeness (QED) is 0.760. The molecule has 1 unspecified atom stereocenters. The normalized spacial score (nSPS) is 21.3. The van der Waals surface area contributed by atoms with Crippen LogP contribution in [0.3, 0.4) is 0 Å². The largest absolute Gasteiger partial charge is 0.479 e. The maximum absolute atomic E-state index is 10.8. The van der Waals surface area contributed by atoms with Crippen molar-refractivity contribution in [2.24, 2.45) is 0 Å². The molecule has 0 spiro atoms. The first-order valence-corrected chi connectivity index (χ1v) is 4.78. The summed E-state index contributed by atoms with van der Waals surface area (Å²) in [4.78, 5) is 16.9. The minimum atomic E-state index is -0.921. The van der Waals surface area contributed by atoms with Crippen LogP contribution < -0.4 is 4.90 Å². The van der Waals surface area contributed by atoms with E-state index in [1.165, 1.54) is 0 Å². The average Bonchev–Trinajstić information content (AvgIpc) is 2.30. The first-order chi connectivity index (χ1) is 7.27. The Hall–Kier alpha value is -1.62. The first kappa shape index (κ1) is 9.92. The maximum atomic E-state index is 10.8. The highest BCUT2D eigenvalue weighted by Crippen LogP contribution is 2.14. The van der Waals surface area contributed by atoms with Crippen molar-refractivity contribution in [3.05, 3.63) is 24.4 Å². The predicted octanol–water partition coefficient (Wildman–Crippen LogP) is 0.371. The highest BCUT2D eigenvalue weighted by atomic mass is 16.5. The molecular formula is C10H12N2O3. The number of ether oxygens (including phenoxy) is 1. The molecule has 5 nitrogen and oxygen atoms in total. The highest BCUT2D eigenvalue weighted by molar-refractivity contribution is 5.73. The zero-order chi connectivity index (χ0) is 10.7. The summed E-state index contributed by atoms with van der Waals surface area (Å²) < 4.78 is 5.12. The van der Waals surface area contributed by atoms with Crippen LogP contribution in [-0.4, -0.2) is 41.9 Å². The number of carboxylic acid groups (broad SMARTS) is 1. The molecule has 1 saturated heterocycles. The first-order valence-electron chi connectivity index (χ1n) is 4.78. The van der Waals surface area contributed by atoms with Gasteiger partial charge in [-0.15, -0.1) is 0 Å². The molecule has 1 N–H and O–H groups in total. The zero-order valence-electron chi connectivity index (χ0n) is 8.17. The van der Waals surface area contributed by atoms with Crippen molar-refractivity contribution < 1.29 is 14.6 Å². The van der Waals surface area contributed by atoms with E-state index < -0.39 is 12.1 Å². The third-order valence-corrected chi connectivity index (χ3v) is 2.32. The van der Waals surface area contributed by atoms with Crippen LogP contribution in [0.2, 0.25) is 0 Å². The number of rotatable bonds is 2. The van der Waals surface area contributed by atoms with Gasteiger partial charge in [-0.05, 0) is 12.1 Å². The molecule has 5 heteroatoms. The number of nitrogens with zero attached hydrogens (tertiary/aromatic N) is 2. The number of hydrogen-bond acceptors (Lipinski definition) is 4. The number of aliphatic carboxylic acids is 1. The van der Waals surface area contributed by atoms with Crippen LogP contribution in [0, 0.1) is 0 Å². The molecule has 0 bridgehead atoms. The number of anilines is 1. The summed E-state index contributed by atoms with van der Waals surface area (Å²) in [6.45, 7) is 1.46. The van der Waals surface area contributed by atoms with E-state index >= 15 is 0 Å². The van der Waals surface area contributed by atoms with Crippen molar-refractivity contribution in [2.45, 2.75) is 6.10 Å². The Balaban J connectivity index is 2.08. The molecule has 2 rings (SSSR count). The van der Waals surface area contributed by atoms with Crippen molar-refractivity contribution in [2.75, 3.05) is 24.6 Å². The molecule has 1 fully saturated rings. The molecule has 0 radical (unpaired) electrons. The van der Waals surface area contributed by atoms with Gasteiger partial charge in [0.25, 0.3) is 0 Å². The average molecular weight is 208 g/mol. The number of carbonyl (C=O) groups is 1. The third kappa shape index (κ3) is 2.24. The van der Waals surface area contributed by atoms with E-state index in [9.17, 15) is 4.79 Å². The van der Waals surface area contributed by atoms with E-state index in [4.69, 9.17) is 9.84 Å². The van der Waals surface area contributed by atoms with Crippen molar-refractivity contribution >= 4 is 11.8 Å². The van der Waals surface area contributed by atoms with E-state index in [0.29, 0.717) is 19.7 Å². The summed E-state index contributed by atoms with van der Waals surface area (Å²) in [5.41, 5.74) is 0. The molecule has 1 aromatic heterocycles. The minimum Gasteiger partial charge on any atom is -0.479 e. The van der Waals surface area contributed by atoms with Crippen molar-refractivity contribution in [3.8, 4) is 0 Å². The van der Waals surface area contributed by atoms with E-state index in [1.807, 2.05) is 23.1 Å². The molecule has 0 aliphatic carbocycles. The molecule has 0 saturated carbocycles. The van der Waals surface area contributed by atoms with Crippen LogP contribution in [0.25, 0.3) is 0 Å². The summed E-state index contributed by atoms with van der Waals surface area (Å²) in [6, 6.07) is 5.58. The van der Waals surface area contributed by atoms with Gasteiger partial charge >= 0.3 is 5.97 Å². The van der Waals surface area contributed by atoms with Gasteiger partial charge in [0.15, 0.2) is 6.10 Å². The third-order valence-electron chi connectivity index (χ3n) is 2.32. The van der Waals surface area contributed by atoms with E-state index in [-0.39, 0.29) is 0 Å². The second-order valence-electron chi connectivity index (χ2n) is 3.33. The standard InChI is InChI=1S/C10H12N2O3/c13-10(14)8-7-12(5-6-15-8)9-3-1-2-4-11-9/h1-4,8H,5-7H2,(H,13,14). The highest BCUT2D eigenvalue weighted by Gasteiger charge is 2.26. The van der Waals surface area contributed by atoms with Gasteiger partial charge in [-0.3, -0.25) is 0 Å². The number of hydrogen-bond donors (Lipinski definition) is 1. The lowest BCUT2D eigenvalue weighted by molar-refractivity contribution is -0.150. The Kier molecular flexibility index (Phi) is 2.82. The van der Waals surface area contributed by atoms with Crippen LogP contribution in [0.4, 0.5) is 5.82 Å². The molecule has 80 valence electrons. The molecule has 1 atom stereocenters. The van der Waals surface area contributed by atoms with E-state index in [0.717, 1.165) is 5.82 Å². The van der Waals surface area contributed by atoms with Crippen molar-refractivity contribution in [1.29, 1.82) is 0 Å². The van der Waals surface area contributed by atoms with Crippen molar-refractivity contribution in [3.63, 3.8) is 0 Å². The summed E-state index contributed by atoms with van der Waals surface area (Å²) in [5.74, 6) is -0.123. The van der Waals surface area contributed by atoms with Gasteiger partial charge in [0.2, 0.25) is 0 Å². The Morgan fingerprint density at radius 1 is 1.60 bits per heavy atom. The fourth-order valence-corrected chi connectivity index (χ4v) is 1.55. The van der Waals surface area contributed by atoms with Crippen LogP contribution in [-0.2, 0) is 9.53 Å². The summed E-state index contributed by atoms with van der Waals surface area (Å²) >= 11 is 0. The van der Waals surface area contributed by atoms with E-state index in [2.05, 4.69) is 4.98 Å². The van der Waals surface area contributed by atoms with Crippen LogP contribution >= 0.6 is 0 Å². The molecule has 0 aromatic carbocycles. The second-order valence-corrected chi connectivity index (χ2v) is 3.33. The Labute approximate surface area is 87.3 Å². The predicted molar refractivity (Wildman–Crippen MR) is 53.8 cm³/mol. The summed E-state index contributed by atoms with van der Waals surface area (Å²) in [6.07, 6.45) is 0.946. The van der Waals surface area contributed by atoms with Gasteiger partial charge in [0, 0.05) is 12.7 Å². The van der Waals surface area contributed by atoms with Gasteiger partial charge in [0.05, 0.1) is 13.2 Å². The molecule has 15 heavy (non-hydrogen) atoms. The number of pyridine rings is 1. The molecule has 1 aliphatic rings. The topological polar surface area (TPSA) is 62.7 Å². The zero-order valence-corrected chi connectivity index (χ0v) is 8.17. The molecule has 1 aliphatic heterocycles. The number of carboxylic acids is 1. The minimum absolute atomic E-state index is 0.354. The Bertz CT molecular complexity index is 342. The van der Waals surface area contributed by atoms with Gasteiger partial charge in [-0.1, -0.05) is 6.07 Å².